The van der Waals surface area contributed by atoms with Crippen molar-refractivity contribution in [2.45, 2.75) is 53.0 Å². The molecule has 0 fully saturated rings. The fourth-order valence-electron chi connectivity index (χ4n) is 4.66. The fraction of sp³-hybridized carbons (Fsp3) is 0.321. The zero-order chi connectivity index (χ0) is 27.0. The van der Waals surface area contributed by atoms with Gasteiger partial charge in [0, 0.05) is 12.1 Å². The Bertz CT molecular complexity index is 1430. The standard InChI is InChI=1S/C28H28F3N3O3/c1-17-10-11-20(14-21(17)15-35)23(27(3,4)26(36)37-16-19-8-6-5-7-9-19)22-12-13-34-24(18(22)2)32-33-25(34)28(29,30)31/h5-14,23,35H,15-16H2,1-4H3/t23-/m0/s1. The first-order valence-corrected chi connectivity index (χ1v) is 11.8. The summed E-state index contributed by atoms with van der Waals surface area (Å²) in [7, 11) is 0. The predicted molar refractivity (Wildman–Crippen MR) is 132 cm³/mol. The maximum atomic E-state index is 13.5. The van der Waals surface area contributed by atoms with Crippen molar-refractivity contribution in [2.24, 2.45) is 5.41 Å². The van der Waals surface area contributed by atoms with Crippen molar-refractivity contribution in [3.05, 3.63) is 100.0 Å². The van der Waals surface area contributed by atoms with Crippen molar-refractivity contribution in [3.63, 3.8) is 0 Å². The molecular formula is C28H28F3N3O3. The molecule has 6 nitrogen and oxygen atoms in total. The molecule has 0 radical (unpaired) electrons. The van der Waals surface area contributed by atoms with E-state index in [0.29, 0.717) is 16.7 Å². The predicted octanol–water partition coefficient (Wildman–Crippen LogP) is 5.76. The van der Waals surface area contributed by atoms with Crippen molar-refractivity contribution < 1.29 is 27.8 Å². The summed E-state index contributed by atoms with van der Waals surface area (Å²) in [6.45, 7) is 6.93. The minimum Gasteiger partial charge on any atom is -0.460 e. The van der Waals surface area contributed by atoms with Crippen molar-refractivity contribution in [2.75, 3.05) is 0 Å². The van der Waals surface area contributed by atoms with Crippen LogP contribution in [0.2, 0.25) is 0 Å². The van der Waals surface area contributed by atoms with Crippen LogP contribution >= 0.6 is 0 Å². The molecule has 0 spiro atoms. The number of aliphatic hydroxyl groups is 1. The first-order valence-electron chi connectivity index (χ1n) is 11.8. The summed E-state index contributed by atoms with van der Waals surface area (Å²) in [5, 5.41) is 17.0. The van der Waals surface area contributed by atoms with Gasteiger partial charge in [0.2, 0.25) is 5.82 Å². The summed E-state index contributed by atoms with van der Waals surface area (Å²) >= 11 is 0. The average Bonchev–Trinajstić information content (AvgIpc) is 3.31. The molecule has 4 rings (SSSR count). The Morgan fingerprint density at radius 1 is 1.05 bits per heavy atom. The molecule has 2 aromatic carbocycles. The summed E-state index contributed by atoms with van der Waals surface area (Å²) in [5.74, 6) is -2.20. The van der Waals surface area contributed by atoms with Crippen LogP contribution < -0.4 is 0 Å². The molecule has 0 amide bonds. The van der Waals surface area contributed by atoms with Gasteiger partial charge in [-0.05, 0) is 67.1 Å². The lowest BCUT2D eigenvalue weighted by molar-refractivity contribution is -0.156. The lowest BCUT2D eigenvalue weighted by Gasteiger charge is -2.34. The van der Waals surface area contributed by atoms with Gasteiger partial charge in [-0.15, -0.1) is 10.2 Å². The van der Waals surface area contributed by atoms with Crippen molar-refractivity contribution in [1.82, 2.24) is 14.6 Å². The van der Waals surface area contributed by atoms with E-state index in [-0.39, 0.29) is 18.9 Å². The molecule has 37 heavy (non-hydrogen) atoms. The monoisotopic (exact) mass is 511 g/mol. The smallest absolute Gasteiger partial charge is 0.452 e. The van der Waals surface area contributed by atoms with Gasteiger partial charge < -0.3 is 9.84 Å². The molecule has 9 heteroatoms. The van der Waals surface area contributed by atoms with E-state index in [1.807, 2.05) is 55.5 Å². The number of aromatic nitrogens is 3. The molecule has 4 aromatic rings. The van der Waals surface area contributed by atoms with E-state index in [1.54, 1.807) is 26.8 Å². The van der Waals surface area contributed by atoms with Crippen LogP contribution in [0.15, 0.2) is 60.8 Å². The minimum atomic E-state index is -4.67. The number of hydrogen-bond donors (Lipinski definition) is 1. The number of aliphatic hydroxyl groups excluding tert-OH is 1. The maximum Gasteiger partial charge on any atom is 0.452 e. The number of rotatable bonds is 7. The summed E-state index contributed by atoms with van der Waals surface area (Å²) in [6, 6.07) is 16.4. The number of benzene rings is 2. The molecule has 0 saturated heterocycles. The van der Waals surface area contributed by atoms with Crippen LogP contribution in [0.3, 0.4) is 0 Å². The second-order valence-corrected chi connectivity index (χ2v) is 9.67. The SMILES string of the molecule is Cc1ccc([C@@H](c2ccn3c(C(F)(F)F)nnc3c2C)C(C)(C)C(=O)OCc2ccccc2)cc1CO. The number of carbonyl (C=O) groups is 1. The summed E-state index contributed by atoms with van der Waals surface area (Å²) in [5.41, 5.74) is 3.13. The van der Waals surface area contributed by atoms with Gasteiger partial charge in [-0.1, -0.05) is 48.5 Å². The van der Waals surface area contributed by atoms with E-state index in [1.165, 1.54) is 6.20 Å². The summed E-state index contributed by atoms with van der Waals surface area (Å²) < 4.78 is 46.9. The minimum absolute atomic E-state index is 0.0535. The van der Waals surface area contributed by atoms with Crippen LogP contribution in [-0.4, -0.2) is 25.7 Å². The zero-order valence-electron chi connectivity index (χ0n) is 21.0. The van der Waals surface area contributed by atoms with Gasteiger partial charge >= 0.3 is 12.1 Å². The zero-order valence-corrected chi connectivity index (χ0v) is 21.0. The third-order valence-electron chi connectivity index (χ3n) is 6.77. The van der Waals surface area contributed by atoms with Crippen LogP contribution in [0.4, 0.5) is 13.2 Å². The number of ether oxygens (including phenoxy) is 1. The summed E-state index contributed by atoms with van der Waals surface area (Å²) in [6.07, 6.45) is -3.39. The van der Waals surface area contributed by atoms with Crippen molar-refractivity contribution in [3.8, 4) is 0 Å². The number of esters is 1. The van der Waals surface area contributed by atoms with E-state index in [0.717, 1.165) is 21.1 Å². The van der Waals surface area contributed by atoms with E-state index in [9.17, 15) is 23.1 Å². The van der Waals surface area contributed by atoms with Crippen LogP contribution in [0, 0.1) is 19.3 Å². The van der Waals surface area contributed by atoms with Gasteiger partial charge in [-0.25, -0.2) is 0 Å². The number of alkyl halides is 3. The Kier molecular flexibility index (Phi) is 7.10. The Labute approximate surface area is 212 Å². The molecule has 0 saturated carbocycles. The Morgan fingerprint density at radius 3 is 2.41 bits per heavy atom. The van der Waals surface area contributed by atoms with Crippen LogP contribution in [0.5, 0.6) is 0 Å². The highest BCUT2D eigenvalue weighted by Crippen LogP contribution is 2.44. The number of nitrogens with zero attached hydrogens (tertiary/aromatic N) is 3. The second kappa shape index (κ2) is 9.97. The van der Waals surface area contributed by atoms with Gasteiger partial charge in [0.1, 0.15) is 6.61 Å². The highest BCUT2D eigenvalue weighted by molar-refractivity contribution is 5.79. The van der Waals surface area contributed by atoms with Gasteiger partial charge in [0.15, 0.2) is 5.65 Å². The average molecular weight is 512 g/mol. The topological polar surface area (TPSA) is 76.7 Å². The number of pyridine rings is 1. The molecular weight excluding hydrogens is 483 g/mol. The lowest BCUT2D eigenvalue weighted by Crippen LogP contribution is -2.34. The van der Waals surface area contributed by atoms with Gasteiger partial charge in [-0.2, -0.15) is 13.2 Å². The van der Waals surface area contributed by atoms with Gasteiger partial charge in [-0.3, -0.25) is 9.20 Å². The van der Waals surface area contributed by atoms with E-state index < -0.39 is 29.3 Å². The number of fused-ring (bicyclic) bond motifs is 1. The Hall–Kier alpha value is -3.72. The van der Waals surface area contributed by atoms with Crippen LogP contribution in [0.25, 0.3) is 5.65 Å². The molecule has 194 valence electrons. The molecule has 0 aliphatic heterocycles. The maximum absolute atomic E-state index is 13.5. The normalized spacial score (nSPS) is 13.1. The van der Waals surface area contributed by atoms with E-state index >= 15 is 0 Å². The largest absolute Gasteiger partial charge is 0.460 e. The Morgan fingerprint density at radius 2 is 1.76 bits per heavy atom. The van der Waals surface area contributed by atoms with Crippen LogP contribution in [-0.2, 0) is 28.9 Å². The van der Waals surface area contributed by atoms with Crippen molar-refractivity contribution >= 4 is 11.6 Å². The van der Waals surface area contributed by atoms with Crippen molar-refractivity contribution in [1.29, 1.82) is 0 Å². The third-order valence-corrected chi connectivity index (χ3v) is 6.77. The highest BCUT2D eigenvalue weighted by atomic mass is 19.4. The number of aryl methyl sites for hydroxylation is 2. The van der Waals surface area contributed by atoms with Crippen LogP contribution in [0.1, 0.15) is 59.0 Å². The molecule has 2 heterocycles. The number of carbonyl (C=O) groups excluding carboxylic acids is 1. The molecule has 1 N–H and O–H groups in total. The van der Waals surface area contributed by atoms with Gasteiger partial charge in [0.05, 0.1) is 12.0 Å². The highest BCUT2D eigenvalue weighted by Gasteiger charge is 2.42. The molecule has 1 atom stereocenters. The van der Waals surface area contributed by atoms with Gasteiger partial charge in [0.25, 0.3) is 0 Å². The van der Waals surface area contributed by atoms with E-state index in [2.05, 4.69) is 10.2 Å². The number of hydrogen-bond acceptors (Lipinski definition) is 5. The van der Waals surface area contributed by atoms with E-state index in [4.69, 9.17) is 4.74 Å². The number of halogens is 3. The fourth-order valence-corrected chi connectivity index (χ4v) is 4.66. The first-order chi connectivity index (χ1) is 17.4. The Balaban J connectivity index is 1.83. The molecule has 0 aliphatic rings. The third kappa shape index (κ3) is 5.09. The second-order valence-electron chi connectivity index (χ2n) is 9.67. The summed E-state index contributed by atoms with van der Waals surface area (Å²) in [4.78, 5) is 13.5. The molecule has 0 bridgehead atoms. The molecule has 2 aromatic heterocycles. The quantitative estimate of drug-likeness (QED) is 0.319. The molecule has 0 unspecified atom stereocenters. The molecule has 0 aliphatic carbocycles. The first kappa shape index (κ1) is 26.3. The lowest BCUT2D eigenvalue weighted by atomic mass is 9.70.